The van der Waals surface area contributed by atoms with Crippen molar-refractivity contribution in [3.8, 4) is 11.5 Å². The van der Waals surface area contributed by atoms with Crippen LogP contribution in [0.4, 0.5) is 5.82 Å². The van der Waals surface area contributed by atoms with E-state index in [9.17, 15) is 9.59 Å². The smallest absolute Gasteiger partial charge is 0.351 e. The third-order valence-corrected chi connectivity index (χ3v) is 18.0. The maximum atomic E-state index is 13.9. The van der Waals surface area contributed by atoms with Gasteiger partial charge in [0.1, 0.15) is 35.2 Å². The Morgan fingerprint density at radius 2 is 1.54 bits per heavy atom. The number of amides is 1. The average Bonchev–Trinajstić information content (AvgIpc) is 3.80. The van der Waals surface area contributed by atoms with Gasteiger partial charge in [0.25, 0.3) is 5.91 Å². The number of ether oxygens (including phenoxy) is 4. The molecule has 2 saturated heterocycles. The lowest BCUT2D eigenvalue weighted by Crippen LogP contribution is -2.39. The van der Waals surface area contributed by atoms with Crippen molar-refractivity contribution in [2.24, 2.45) is 5.92 Å². The molecule has 0 spiro atoms. The Balaban J connectivity index is 0.00000595. The van der Waals surface area contributed by atoms with Gasteiger partial charge in [-0.1, -0.05) is 96.3 Å². The first kappa shape index (κ1) is 46.7. The highest BCUT2D eigenvalue weighted by Gasteiger charge is 2.55. The van der Waals surface area contributed by atoms with Crippen molar-refractivity contribution in [2.45, 2.75) is 81.3 Å². The minimum Gasteiger partial charge on any atom is -0.497 e. The van der Waals surface area contributed by atoms with Crippen LogP contribution in [0.1, 0.15) is 78.4 Å². The monoisotopic (exact) mass is 927 g/mol. The van der Waals surface area contributed by atoms with Crippen LogP contribution in [0.3, 0.4) is 0 Å². The van der Waals surface area contributed by atoms with Gasteiger partial charge in [-0.15, -0.1) is 0 Å². The van der Waals surface area contributed by atoms with E-state index in [1.807, 2.05) is 84.9 Å². The number of aromatic nitrogens is 2. The predicted octanol–water partition coefficient (Wildman–Crippen LogP) is 10.1. The number of fused-ring (bicyclic) bond motifs is 1. The first-order valence-corrected chi connectivity index (χ1v) is 24.8. The van der Waals surface area contributed by atoms with Crippen molar-refractivity contribution in [1.29, 1.82) is 0 Å². The number of hydrogen-bond donors (Lipinski definition) is 1. The first-order valence-electron chi connectivity index (χ1n) is 20.8. The van der Waals surface area contributed by atoms with Gasteiger partial charge < -0.3 is 33.3 Å². The van der Waals surface area contributed by atoms with Gasteiger partial charge in [0.2, 0.25) is 5.69 Å². The Kier molecular flexibility index (Phi) is 14.4. The quantitative estimate of drug-likeness (QED) is 0.0651. The van der Waals surface area contributed by atoms with E-state index in [-0.39, 0.29) is 49.1 Å². The van der Waals surface area contributed by atoms with Crippen molar-refractivity contribution in [2.75, 3.05) is 26.1 Å². The molecule has 332 valence electrons. The molecule has 7 atom stereocenters. The standard InChI is InChI=1S/C48H52N3O8PS2.H2S/c1-31(2)34-25-26-47(4)42(27-34)59-60(61,62-47)58-40-28-43(51-29-32(3)44(50-46(51)53)49-45(52)33-13-9-7-10-14-33)57-41(40)30-56-48(35-15-11-8-12-16-35,36-17-21-38(54-5)22-18-36)37-19-23-39(55-6)24-20-37;/h7-24,29,34,40-43H,1,25-28,30H2,2-6H3,(H,49,50,52,53);1H2/t34-,40-,41+,42+,43+,47+,60-;/m0./s1. The van der Waals surface area contributed by atoms with Gasteiger partial charge in [-0.05, 0) is 111 Å². The number of allylic oxidation sites excluding steroid dienone is 1. The number of anilines is 1. The van der Waals surface area contributed by atoms with Gasteiger partial charge in [-0.2, -0.15) is 18.5 Å². The van der Waals surface area contributed by atoms with Crippen molar-refractivity contribution < 1.29 is 32.8 Å². The number of nitrogens with one attached hydrogen (secondary N) is 1. The van der Waals surface area contributed by atoms with Crippen LogP contribution in [0.15, 0.2) is 132 Å². The van der Waals surface area contributed by atoms with E-state index in [0.29, 0.717) is 28.5 Å². The first-order chi connectivity index (χ1) is 29.8. The zero-order valence-electron chi connectivity index (χ0n) is 36.0. The lowest BCUT2D eigenvalue weighted by molar-refractivity contribution is -0.0917. The van der Waals surface area contributed by atoms with E-state index < -0.39 is 35.4 Å². The summed E-state index contributed by atoms with van der Waals surface area (Å²) in [5.41, 5.74) is 0.143. The maximum Gasteiger partial charge on any atom is 0.351 e. The summed E-state index contributed by atoms with van der Waals surface area (Å²) in [5.74, 6) is 1.58. The second-order valence-electron chi connectivity index (χ2n) is 16.4. The van der Waals surface area contributed by atoms with E-state index >= 15 is 0 Å². The van der Waals surface area contributed by atoms with E-state index in [0.717, 1.165) is 41.5 Å². The Morgan fingerprint density at radius 1 is 0.952 bits per heavy atom. The van der Waals surface area contributed by atoms with Gasteiger partial charge in [0.15, 0.2) is 0 Å². The molecule has 8 rings (SSSR count). The van der Waals surface area contributed by atoms with E-state index in [2.05, 4.69) is 30.7 Å². The highest BCUT2D eigenvalue weighted by atomic mass is 32.9. The normalized spacial score (nSPS) is 25.4. The molecular weight excluding hydrogens is 874 g/mol. The summed E-state index contributed by atoms with van der Waals surface area (Å²) >= 11 is 7.99. The second-order valence-corrected chi connectivity index (χ2v) is 22.9. The highest BCUT2D eigenvalue weighted by Crippen LogP contribution is 2.76. The van der Waals surface area contributed by atoms with Gasteiger partial charge in [0, 0.05) is 28.5 Å². The molecule has 15 heteroatoms. The largest absolute Gasteiger partial charge is 0.497 e. The molecule has 11 nitrogen and oxygen atoms in total. The van der Waals surface area contributed by atoms with Crippen LogP contribution in [-0.4, -0.2) is 59.3 Å². The Hall–Kier alpha value is -4.24. The summed E-state index contributed by atoms with van der Waals surface area (Å²) in [5, 5.41) is 2.79. The molecule has 3 aliphatic rings. The molecule has 5 aromatic rings. The number of rotatable bonds is 14. The number of carbonyl (C=O) groups excluding carboxylic acids is 1. The molecule has 1 saturated carbocycles. The number of nitrogens with zero attached hydrogens (tertiary/aromatic N) is 2. The van der Waals surface area contributed by atoms with Gasteiger partial charge in [-0.3, -0.25) is 9.36 Å². The third-order valence-electron chi connectivity index (χ3n) is 12.2. The molecule has 0 bridgehead atoms. The van der Waals surface area contributed by atoms with E-state index in [4.69, 9.17) is 39.8 Å². The Bertz CT molecular complexity index is 2460. The molecule has 1 N–H and O–H groups in total. The summed E-state index contributed by atoms with van der Waals surface area (Å²) in [6, 6.07) is 34.5. The zero-order chi connectivity index (χ0) is 43.6. The Morgan fingerprint density at radius 3 is 2.13 bits per heavy atom. The van der Waals surface area contributed by atoms with Crippen LogP contribution in [0, 0.1) is 12.8 Å². The van der Waals surface area contributed by atoms with Crippen molar-refractivity contribution in [1.82, 2.24) is 9.55 Å². The maximum absolute atomic E-state index is 13.9. The van der Waals surface area contributed by atoms with Crippen LogP contribution in [0.25, 0.3) is 0 Å². The lowest BCUT2D eigenvalue weighted by atomic mass is 9.77. The topological polar surface area (TPSA) is 119 Å². The molecule has 1 amide bonds. The molecular formula is C48H54N3O8PS3. The molecule has 4 aromatic carbocycles. The fourth-order valence-electron chi connectivity index (χ4n) is 8.68. The summed E-state index contributed by atoms with van der Waals surface area (Å²) in [6.45, 7) is 10.4. The summed E-state index contributed by atoms with van der Waals surface area (Å²) in [7, 11) is 3.28. The SMILES string of the molecule is C=C(C)[C@H]1CC[C@@]2(C)S[P@@](=S)(O[C@H]3C[C@H](n4cc(C)c(NC(=O)c5ccccc5)nc4=O)O[C@@H]3COC(c3ccccc3)(c3ccc(OC)cc3)c3ccc(OC)cc3)O[C@@H]2C1.S. The van der Waals surface area contributed by atoms with Crippen molar-refractivity contribution in [3.63, 3.8) is 0 Å². The predicted molar refractivity (Wildman–Crippen MR) is 257 cm³/mol. The number of methoxy groups -OCH3 is 2. The number of hydrogen-bond acceptors (Lipinski definition) is 11. The van der Waals surface area contributed by atoms with E-state index in [1.54, 1.807) is 63.0 Å². The molecule has 3 heterocycles. The summed E-state index contributed by atoms with van der Waals surface area (Å²) in [4.78, 5) is 31.2. The van der Waals surface area contributed by atoms with E-state index in [1.165, 1.54) is 4.57 Å². The van der Waals surface area contributed by atoms with Gasteiger partial charge in [0.05, 0.1) is 33.0 Å². The molecule has 2 aliphatic heterocycles. The second kappa shape index (κ2) is 19.5. The number of carbonyl (C=O) groups is 1. The van der Waals surface area contributed by atoms with Crippen LogP contribution in [0.5, 0.6) is 11.5 Å². The van der Waals surface area contributed by atoms with Crippen molar-refractivity contribution >= 4 is 54.1 Å². The summed E-state index contributed by atoms with van der Waals surface area (Å²) < 4.78 is 40.4. The fraction of sp³-hybridized carbons (Fsp3) is 0.354. The number of aryl methyl sites for hydroxylation is 1. The van der Waals surface area contributed by atoms with Crippen molar-refractivity contribution in [3.05, 3.63) is 166 Å². The third kappa shape index (κ3) is 9.74. The van der Waals surface area contributed by atoms with Crippen LogP contribution in [-0.2, 0) is 35.9 Å². The van der Waals surface area contributed by atoms with Crippen LogP contribution >= 0.6 is 30.6 Å². The number of benzene rings is 4. The minimum atomic E-state index is -2.93. The van der Waals surface area contributed by atoms with Crippen LogP contribution < -0.4 is 20.5 Å². The van der Waals surface area contributed by atoms with Crippen LogP contribution in [0.2, 0.25) is 0 Å². The zero-order valence-corrected chi connectivity index (χ0v) is 39.6. The average molecular weight is 928 g/mol. The fourth-order valence-corrected chi connectivity index (χ4v) is 16.3. The summed E-state index contributed by atoms with van der Waals surface area (Å²) in [6.07, 6.45) is 2.54. The molecule has 1 aromatic heterocycles. The van der Waals surface area contributed by atoms with Gasteiger partial charge in [-0.25, -0.2) is 4.79 Å². The lowest BCUT2D eigenvalue weighted by Gasteiger charge is -2.37. The van der Waals surface area contributed by atoms with Gasteiger partial charge >= 0.3 is 5.69 Å². The minimum absolute atomic E-state index is 0. The highest BCUT2D eigenvalue weighted by molar-refractivity contribution is 8.68. The molecule has 0 unspecified atom stereocenters. The molecule has 3 fully saturated rings. The molecule has 1 aliphatic carbocycles. The molecule has 0 radical (unpaired) electrons. The molecule has 63 heavy (non-hydrogen) atoms. The Labute approximate surface area is 385 Å².